The zero-order chi connectivity index (χ0) is 19.7. The van der Waals surface area contributed by atoms with Crippen molar-refractivity contribution in [1.29, 1.82) is 0 Å². The number of piperazine rings is 1. The molecule has 3 fully saturated rings. The van der Waals surface area contributed by atoms with E-state index >= 15 is 0 Å². The van der Waals surface area contributed by atoms with E-state index in [9.17, 15) is 9.90 Å². The number of amides is 1. The molecule has 2 saturated heterocycles. The van der Waals surface area contributed by atoms with Crippen molar-refractivity contribution >= 4 is 17.2 Å². The normalized spacial score (nSPS) is 31.9. The quantitative estimate of drug-likeness (QED) is 0.834. The molecule has 1 N–H and O–H groups in total. The van der Waals surface area contributed by atoms with Crippen molar-refractivity contribution in [3.05, 3.63) is 28.9 Å². The maximum absolute atomic E-state index is 13.0. The van der Waals surface area contributed by atoms with Crippen LogP contribution in [0.4, 0.5) is 0 Å². The molecule has 0 radical (unpaired) electrons. The summed E-state index contributed by atoms with van der Waals surface area (Å²) in [6.07, 6.45) is 6.23. The van der Waals surface area contributed by atoms with Gasteiger partial charge in [-0.3, -0.25) is 9.69 Å². The number of carbonyl (C=O) groups excluding carboxylic acids is 1. The maximum Gasteiger partial charge on any atom is 0.227 e. The van der Waals surface area contributed by atoms with E-state index in [2.05, 4.69) is 26.3 Å². The minimum atomic E-state index is -0.747. The summed E-state index contributed by atoms with van der Waals surface area (Å²) in [4.78, 5) is 24.1. The van der Waals surface area contributed by atoms with E-state index in [4.69, 9.17) is 0 Å². The van der Waals surface area contributed by atoms with Gasteiger partial charge in [-0.15, -0.1) is 11.3 Å². The molecule has 1 unspecified atom stereocenters. The van der Waals surface area contributed by atoms with Crippen LogP contribution in [0.2, 0.25) is 0 Å². The summed E-state index contributed by atoms with van der Waals surface area (Å²) in [7, 11) is 0. The van der Waals surface area contributed by atoms with Gasteiger partial charge in [-0.25, -0.2) is 4.98 Å². The van der Waals surface area contributed by atoms with Crippen LogP contribution in [0.25, 0.3) is 0 Å². The van der Waals surface area contributed by atoms with Crippen LogP contribution in [-0.4, -0.2) is 76.0 Å². The highest BCUT2D eigenvalue weighted by atomic mass is 32.1. The summed E-state index contributed by atoms with van der Waals surface area (Å²) in [5, 5.41) is 13.7. The fourth-order valence-corrected chi connectivity index (χ4v) is 5.80. The summed E-state index contributed by atoms with van der Waals surface area (Å²) in [5.41, 5.74) is 0.344. The van der Waals surface area contributed by atoms with Crippen LogP contribution in [0.15, 0.2) is 23.9 Å². The molecule has 1 amide bonds. The molecule has 1 aromatic rings. The number of aliphatic hydroxyl groups is 1. The monoisotopic (exact) mass is 404 g/mol. The zero-order valence-corrected chi connectivity index (χ0v) is 17.7. The summed E-state index contributed by atoms with van der Waals surface area (Å²) >= 11 is 1.55. The number of hydrogen-bond acceptors (Lipinski definition) is 6. The third kappa shape index (κ3) is 3.98. The van der Waals surface area contributed by atoms with Gasteiger partial charge in [0, 0.05) is 56.0 Å². The van der Waals surface area contributed by atoms with E-state index in [1.165, 1.54) is 0 Å². The summed E-state index contributed by atoms with van der Waals surface area (Å²) in [6.45, 7) is 11.3. The SMILES string of the molecule is C=C(C)N1CCN(C(=O)C2CCN(C3CCC(O)(c4nccs4)CC3)C2)CC1. The fourth-order valence-electron chi connectivity index (χ4n) is 5.00. The molecule has 1 atom stereocenters. The molecule has 0 spiro atoms. The lowest BCUT2D eigenvalue weighted by atomic mass is 9.82. The van der Waals surface area contributed by atoms with E-state index in [-0.39, 0.29) is 5.92 Å². The van der Waals surface area contributed by atoms with E-state index in [0.717, 1.165) is 82.1 Å². The molecule has 3 heterocycles. The second-order valence-corrected chi connectivity index (χ2v) is 9.52. The second-order valence-electron chi connectivity index (χ2n) is 8.63. The lowest BCUT2D eigenvalue weighted by Gasteiger charge is -2.39. The molecule has 154 valence electrons. The molecular formula is C21H32N4O2S. The molecular weight excluding hydrogens is 372 g/mol. The number of allylic oxidation sites excluding steroid dienone is 1. The minimum Gasteiger partial charge on any atom is -0.383 e. The van der Waals surface area contributed by atoms with Crippen molar-refractivity contribution < 1.29 is 9.90 Å². The number of aromatic nitrogens is 1. The van der Waals surface area contributed by atoms with Gasteiger partial charge in [-0.05, 0) is 45.6 Å². The summed E-state index contributed by atoms with van der Waals surface area (Å²) in [5.74, 6) is 0.468. The highest BCUT2D eigenvalue weighted by Crippen LogP contribution is 2.40. The lowest BCUT2D eigenvalue weighted by molar-refractivity contribution is -0.136. The zero-order valence-electron chi connectivity index (χ0n) is 16.8. The van der Waals surface area contributed by atoms with Crippen LogP contribution in [0, 0.1) is 5.92 Å². The highest BCUT2D eigenvalue weighted by Gasteiger charge is 2.41. The average Bonchev–Trinajstić information content (AvgIpc) is 3.41. The number of thiazole rings is 1. The van der Waals surface area contributed by atoms with Crippen LogP contribution >= 0.6 is 11.3 Å². The van der Waals surface area contributed by atoms with Crippen LogP contribution in [0.5, 0.6) is 0 Å². The Morgan fingerprint density at radius 2 is 1.86 bits per heavy atom. The summed E-state index contributed by atoms with van der Waals surface area (Å²) < 4.78 is 0. The Kier molecular flexibility index (Phi) is 5.76. The third-order valence-corrected chi connectivity index (χ3v) is 7.80. The maximum atomic E-state index is 13.0. The van der Waals surface area contributed by atoms with Crippen LogP contribution < -0.4 is 0 Å². The fraction of sp³-hybridized carbons (Fsp3) is 0.714. The van der Waals surface area contributed by atoms with Crippen molar-refractivity contribution in [2.24, 2.45) is 5.92 Å². The van der Waals surface area contributed by atoms with Gasteiger partial charge in [0.05, 0.1) is 5.92 Å². The first-order valence-electron chi connectivity index (χ1n) is 10.5. The number of likely N-dealkylation sites (tertiary alicyclic amines) is 1. The second kappa shape index (κ2) is 8.13. The predicted octanol–water partition coefficient (Wildman–Crippen LogP) is 2.27. The standard InChI is InChI=1S/C21H32N4O2S/c1-16(2)23-10-12-24(13-11-23)19(26)17-5-9-25(15-17)18-3-6-21(27,7-4-18)20-22-8-14-28-20/h8,14,17-18,27H,1,3-7,9-13,15H2,2H3. The Morgan fingerprint density at radius 3 is 2.46 bits per heavy atom. The Morgan fingerprint density at radius 1 is 1.18 bits per heavy atom. The molecule has 28 heavy (non-hydrogen) atoms. The molecule has 3 aliphatic rings. The molecule has 1 saturated carbocycles. The van der Waals surface area contributed by atoms with E-state index in [1.54, 1.807) is 17.5 Å². The highest BCUT2D eigenvalue weighted by molar-refractivity contribution is 7.09. The Hall–Kier alpha value is -1.44. The smallest absolute Gasteiger partial charge is 0.227 e. The van der Waals surface area contributed by atoms with Crippen molar-refractivity contribution in [3.8, 4) is 0 Å². The molecule has 7 heteroatoms. The van der Waals surface area contributed by atoms with Gasteiger partial charge in [-0.1, -0.05) is 6.58 Å². The third-order valence-electron chi connectivity index (χ3n) is 6.83. The van der Waals surface area contributed by atoms with Gasteiger partial charge in [-0.2, -0.15) is 0 Å². The van der Waals surface area contributed by atoms with Gasteiger partial charge >= 0.3 is 0 Å². The van der Waals surface area contributed by atoms with Crippen LogP contribution in [0.1, 0.15) is 44.0 Å². The number of rotatable bonds is 4. The van der Waals surface area contributed by atoms with Crippen molar-refractivity contribution in [1.82, 2.24) is 19.7 Å². The molecule has 0 bridgehead atoms. The number of nitrogens with zero attached hydrogens (tertiary/aromatic N) is 4. The average molecular weight is 405 g/mol. The van der Waals surface area contributed by atoms with Crippen molar-refractivity contribution in [3.63, 3.8) is 0 Å². The summed E-state index contributed by atoms with van der Waals surface area (Å²) in [6, 6.07) is 0.485. The number of hydrogen-bond donors (Lipinski definition) is 1. The topological polar surface area (TPSA) is 59.9 Å². The molecule has 4 rings (SSSR count). The molecule has 0 aromatic carbocycles. The molecule has 6 nitrogen and oxygen atoms in total. The molecule has 1 aliphatic carbocycles. The van der Waals surface area contributed by atoms with Gasteiger partial charge in [0.1, 0.15) is 10.6 Å². The first kappa shape index (κ1) is 19.9. The largest absolute Gasteiger partial charge is 0.383 e. The first-order chi connectivity index (χ1) is 13.5. The lowest BCUT2D eigenvalue weighted by Crippen LogP contribution is -2.50. The van der Waals surface area contributed by atoms with E-state index in [0.29, 0.717) is 11.9 Å². The van der Waals surface area contributed by atoms with Crippen molar-refractivity contribution in [2.75, 3.05) is 39.3 Å². The van der Waals surface area contributed by atoms with Crippen LogP contribution in [0.3, 0.4) is 0 Å². The molecule has 1 aromatic heterocycles. The first-order valence-corrected chi connectivity index (χ1v) is 11.4. The van der Waals surface area contributed by atoms with Gasteiger partial charge in [0.25, 0.3) is 0 Å². The van der Waals surface area contributed by atoms with Crippen molar-refractivity contribution in [2.45, 2.75) is 50.7 Å². The predicted molar refractivity (Wildman–Crippen MR) is 111 cm³/mol. The van der Waals surface area contributed by atoms with E-state index in [1.807, 2.05) is 12.3 Å². The van der Waals surface area contributed by atoms with Gasteiger partial charge < -0.3 is 14.9 Å². The minimum absolute atomic E-state index is 0.135. The molecule has 2 aliphatic heterocycles. The van der Waals surface area contributed by atoms with E-state index < -0.39 is 5.60 Å². The Labute approximate surface area is 171 Å². The van der Waals surface area contributed by atoms with Gasteiger partial charge in [0.2, 0.25) is 5.91 Å². The van der Waals surface area contributed by atoms with Gasteiger partial charge in [0.15, 0.2) is 0 Å². The Bertz CT molecular complexity index is 691. The number of carbonyl (C=O) groups is 1. The van der Waals surface area contributed by atoms with Crippen LogP contribution in [-0.2, 0) is 10.4 Å². The Balaban J connectivity index is 1.27.